The largest absolute Gasteiger partial charge is 0.416 e. The number of carbonyl (C=O) groups excluding carboxylic acids is 2. The van der Waals surface area contributed by atoms with Gasteiger partial charge in [-0.25, -0.2) is 0 Å². The van der Waals surface area contributed by atoms with Gasteiger partial charge >= 0.3 is 6.18 Å². The molecule has 140 valence electrons. The van der Waals surface area contributed by atoms with Gasteiger partial charge in [-0.05, 0) is 53.2 Å². The highest BCUT2D eigenvalue weighted by molar-refractivity contribution is 9.10. The minimum absolute atomic E-state index is 0.119. The Morgan fingerprint density at radius 3 is 2.19 bits per heavy atom. The maximum Gasteiger partial charge on any atom is 0.416 e. The lowest BCUT2D eigenvalue weighted by atomic mass is 10.1. The molecule has 0 atom stereocenters. The van der Waals surface area contributed by atoms with Gasteiger partial charge < -0.3 is 15.2 Å². The Labute approximate surface area is 156 Å². The van der Waals surface area contributed by atoms with E-state index in [4.69, 9.17) is 0 Å². The van der Waals surface area contributed by atoms with Crippen molar-refractivity contribution in [3.63, 3.8) is 0 Å². The summed E-state index contributed by atoms with van der Waals surface area (Å²) in [5.41, 5.74) is -0.201. The number of aromatic nitrogens is 1. The molecule has 0 saturated heterocycles. The summed E-state index contributed by atoms with van der Waals surface area (Å²) in [6.07, 6.45) is -2.65. The number of nitrogens with one attached hydrogen (secondary N) is 2. The van der Waals surface area contributed by atoms with Crippen molar-refractivity contribution >= 4 is 27.7 Å². The van der Waals surface area contributed by atoms with E-state index in [2.05, 4.69) is 26.6 Å². The Balaban J connectivity index is 1.82. The zero-order chi connectivity index (χ0) is 19.3. The highest BCUT2D eigenvalue weighted by Crippen LogP contribution is 2.29. The van der Waals surface area contributed by atoms with E-state index in [0.717, 1.165) is 28.7 Å². The second-order valence-electron chi connectivity index (χ2n) is 5.42. The van der Waals surface area contributed by atoms with Crippen molar-refractivity contribution in [1.29, 1.82) is 0 Å². The van der Waals surface area contributed by atoms with Crippen molar-refractivity contribution in [3.8, 4) is 0 Å². The molecule has 0 saturated carbocycles. The first-order valence-electron chi connectivity index (χ1n) is 7.81. The number of amides is 2. The quantitative estimate of drug-likeness (QED) is 0.688. The van der Waals surface area contributed by atoms with Crippen LogP contribution in [0.15, 0.2) is 41.0 Å². The number of hydrogen-bond acceptors (Lipinski definition) is 2. The number of hydrogen-bond donors (Lipinski definition) is 2. The molecule has 5 nitrogen and oxygen atoms in total. The van der Waals surface area contributed by atoms with Crippen LogP contribution in [0, 0.1) is 0 Å². The smallest absolute Gasteiger partial charge is 0.350 e. The van der Waals surface area contributed by atoms with E-state index >= 15 is 0 Å². The van der Waals surface area contributed by atoms with Crippen molar-refractivity contribution in [2.24, 2.45) is 0 Å². The normalized spacial score (nSPS) is 11.3. The maximum absolute atomic E-state index is 12.5. The Morgan fingerprint density at radius 2 is 1.65 bits per heavy atom. The summed E-state index contributed by atoms with van der Waals surface area (Å²) in [4.78, 5) is 24.0. The van der Waals surface area contributed by atoms with Crippen LogP contribution >= 0.6 is 15.9 Å². The summed E-state index contributed by atoms with van der Waals surface area (Å²) < 4.78 is 40.1. The Morgan fingerprint density at radius 1 is 1.08 bits per heavy atom. The lowest BCUT2D eigenvalue weighted by Crippen LogP contribution is -2.35. The van der Waals surface area contributed by atoms with Gasteiger partial charge in [-0.15, -0.1) is 0 Å². The second kappa shape index (κ2) is 8.39. The van der Waals surface area contributed by atoms with Gasteiger partial charge in [-0.3, -0.25) is 9.59 Å². The first-order chi connectivity index (χ1) is 12.2. The van der Waals surface area contributed by atoms with Crippen LogP contribution in [0.1, 0.15) is 33.3 Å². The van der Waals surface area contributed by atoms with Crippen LogP contribution in [0.5, 0.6) is 0 Å². The molecule has 0 unspecified atom stereocenters. The molecule has 1 heterocycles. The zero-order valence-corrected chi connectivity index (χ0v) is 15.4. The average Bonchev–Trinajstić information content (AvgIpc) is 2.98. The number of benzene rings is 1. The first kappa shape index (κ1) is 20.0. The van der Waals surface area contributed by atoms with Crippen molar-refractivity contribution in [2.45, 2.75) is 19.6 Å². The molecule has 2 N–H and O–H groups in total. The Kier molecular flexibility index (Phi) is 6.47. The molecular formula is C17H17BrF3N3O2. The Bertz CT molecular complexity index is 786. The van der Waals surface area contributed by atoms with E-state index < -0.39 is 17.6 Å². The van der Waals surface area contributed by atoms with E-state index in [0.29, 0.717) is 12.2 Å². The lowest BCUT2D eigenvalue weighted by molar-refractivity contribution is -0.137. The molecule has 2 amide bonds. The SMILES string of the molecule is CCn1cc(Br)cc1C(=O)NCCNC(=O)c1ccc(C(F)(F)F)cc1. The van der Waals surface area contributed by atoms with E-state index in [1.807, 2.05) is 6.92 Å². The number of rotatable bonds is 6. The topological polar surface area (TPSA) is 63.1 Å². The summed E-state index contributed by atoms with van der Waals surface area (Å²) in [6.45, 7) is 2.89. The van der Waals surface area contributed by atoms with Crippen LogP contribution in [0.3, 0.4) is 0 Å². The Hall–Kier alpha value is -2.29. The number of aryl methyl sites for hydroxylation is 1. The van der Waals surface area contributed by atoms with Gasteiger partial charge in [0.15, 0.2) is 0 Å². The molecule has 2 aromatic rings. The third kappa shape index (κ3) is 5.10. The number of halogens is 4. The number of alkyl halides is 3. The molecule has 1 aromatic carbocycles. The third-order valence-electron chi connectivity index (χ3n) is 3.61. The highest BCUT2D eigenvalue weighted by Gasteiger charge is 2.30. The number of nitrogens with zero attached hydrogens (tertiary/aromatic N) is 1. The predicted octanol–water partition coefficient (Wildman–Crippen LogP) is 3.45. The van der Waals surface area contributed by atoms with Crippen molar-refractivity contribution in [3.05, 3.63) is 57.8 Å². The fourth-order valence-electron chi connectivity index (χ4n) is 2.28. The highest BCUT2D eigenvalue weighted by atomic mass is 79.9. The lowest BCUT2D eigenvalue weighted by Gasteiger charge is -2.10. The molecule has 1 aromatic heterocycles. The van der Waals surface area contributed by atoms with Crippen molar-refractivity contribution in [2.75, 3.05) is 13.1 Å². The molecule has 2 rings (SSSR count). The monoisotopic (exact) mass is 431 g/mol. The van der Waals surface area contributed by atoms with Crippen LogP contribution in [-0.2, 0) is 12.7 Å². The van der Waals surface area contributed by atoms with Gasteiger partial charge in [0.25, 0.3) is 11.8 Å². The van der Waals surface area contributed by atoms with E-state index in [9.17, 15) is 22.8 Å². The molecular weight excluding hydrogens is 415 g/mol. The molecule has 9 heteroatoms. The third-order valence-corrected chi connectivity index (χ3v) is 4.04. The van der Waals surface area contributed by atoms with Gasteiger partial charge in [-0.1, -0.05) is 0 Å². The zero-order valence-electron chi connectivity index (χ0n) is 13.9. The minimum Gasteiger partial charge on any atom is -0.350 e. The maximum atomic E-state index is 12.5. The van der Waals surface area contributed by atoms with Crippen LogP contribution in [-0.4, -0.2) is 29.5 Å². The van der Waals surface area contributed by atoms with Crippen LogP contribution < -0.4 is 10.6 Å². The summed E-state index contributed by atoms with van der Waals surface area (Å²) >= 11 is 3.31. The van der Waals surface area contributed by atoms with E-state index in [-0.39, 0.29) is 24.6 Å². The summed E-state index contributed by atoms with van der Waals surface area (Å²) in [6, 6.07) is 5.63. The molecule has 0 spiro atoms. The van der Waals surface area contributed by atoms with Gasteiger partial charge in [0.1, 0.15) is 5.69 Å². The van der Waals surface area contributed by atoms with Crippen LogP contribution in [0.2, 0.25) is 0 Å². The predicted molar refractivity (Wildman–Crippen MR) is 93.9 cm³/mol. The summed E-state index contributed by atoms with van der Waals surface area (Å²) in [5, 5.41) is 5.23. The fourth-order valence-corrected chi connectivity index (χ4v) is 2.75. The van der Waals surface area contributed by atoms with E-state index in [1.165, 1.54) is 0 Å². The average molecular weight is 432 g/mol. The summed E-state index contributed by atoms with van der Waals surface area (Å²) in [5.74, 6) is -0.783. The van der Waals surface area contributed by atoms with Crippen molar-refractivity contribution in [1.82, 2.24) is 15.2 Å². The number of carbonyl (C=O) groups is 2. The molecule has 26 heavy (non-hydrogen) atoms. The van der Waals surface area contributed by atoms with E-state index in [1.54, 1.807) is 16.8 Å². The first-order valence-corrected chi connectivity index (χ1v) is 8.61. The minimum atomic E-state index is -4.44. The van der Waals surface area contributed by atoms with Gasteiger partial charge in [0, 0.05) is 35.9 Å². The van der Waals surface area contributed by atoms with Crippen LogP contribution in [0.4, 0.5) is 13.2 Å². The van der Waals surface area contributed by atoms with Gasteiger partial charge in [0.2, 0.25) is 0 Å². The van der Waals surface area contributed by atoms with Crippen LogP contribution in [0.25, 0.3) is 0 Å². The molecule has 0 aliphatic carbocycles. The fraction of sp³-hybridized carbons (Fsp3) is 0.294. The standard InChI is InChI=1S/C17H17BrF3N3O2/c1-2-24-10-13(18)9-14(24)16(26)23-8-7-22-15(25)11-3-5-12(6-4-11)17(19,20)21/h3-6,9-10H,2,7-8H2,1H3,(H,22,25)(H,23,26). The molecule has 0 aliphatic rings. The molecule has 0 fully saturated rings. The second-order valence-corrected chi connectivity index (χ2v) is 6.33. The molecule has 0 bridgehead atoms. The van der Waals surface area contributed by atoms with Gasteiger partial charge in [0.05, 0.1) is 5.56 Å². The van der Waals surface area contributed by atoms with Crippen molar-refractivity contribution < 1.29 is 22.8 Å². The summed E-state index contributed by atoms with van der Waals surface area (Å²) in [7, 11) is 0. The molecule has 0 radical (unpaired) electrons. The molecule has 0 aliphatic heterocycles. The van der Waals surface area contributed by atoms with Gasteiger partial charge in [-0.2, -0.15) is 13.2 Å².